The summed E-state index contributed by atoms with van der Waals surface area (Å²) >= 11 is 0. The number of hydrogen-bond acceptors (Lipinski definition) is 3. The highest BCUT2D eigenvalue weighted by atomic mass is 16.5. The number of para-hydroxylation sites is 1. The van der Waals surface area contributed by atoms with Gasteiger partial charge in [0.05, 0.1) is 18.2 Å². The van der Waals surface area contributed by atoms with Crippen molar-refractivity contribution in [2.45, 2.75) is 25.7 Å². The maximum absolute atomic E-state index is 11.9. The average molecular weight is 389 g/mol. The number of aryl methyl sites for hydroxylation is 1. The molecule has 4 rings (SSSR count). The van der Waals surface area contributed by atoms with Gasteiger partial charge in [0, 0.05) is 24.7 Å². The molecule has 4 heteroatoms. The molecule has 0 saturated heterocycles. The first kappa shape index (κ1) is 19.5. The van der Waals surface area contributed by atoms with Crippen LogP contribution >= 0.6 is 0 Å². The van der Waals surface area contributed by atoms with Crippen molar-refractivity contribution >= 4 is 22.4 Å². The Morgan fingerprint density at radius 1 is 1.10 bits per heavy atom. The molecule has 0 aliphatic carbocycles. The van der Waals surface area contributed by atoms with Gasteiger partial charge in [-0.3, -0.25) is 4.90 Å². The monoisotopic (exact) mass is 388 g/mol. The number of benzene rings is 2. The number of carbonyl (C=O) groups excluding carboxylic acids is 1. The Labute approximate surface area is 172 Å². The van der Waals surface area contributed by atoms with Crippen LogP contribution in [0.1, 0.15) is 40.7 Å². The fourth-order valence-electron chi connectivity index (χ4n) is 4.18. The van der Waals surface area contributed by atoms with Crippen LogP contribution in [0.2, 0.25) is 0 Å². The molecule has 3 aromatic rings. The van der Waals surface area contributed by atoms with Crippen LogP contribution in [0.25, 0.3) is 16.5 Å². The van der Waals surface area contributed by atoms with Crippen molar-refractivity contribution < 1.29 is 9.53 Å². The zero-order valence-corrected chi connectivity index (χ0v) is 17.0. The van der Waals surface area contributed by atoms with Crippen molar-refractivity contribution in [1.29, 1.82) is 0 Å². The van der Waals surface area contributed by atoms with Gasteiger partial charge in [0.1, 0.15) is 0 Å². The van der Waals surface area contributed by atoms with Gasteiger partial charge in [0.25, 0.3) is 0 Å². The standard InChI is InChI=1S/C25H28N2O2/c1-29-25(28)23-12-7-11-22-21(18-26-24(22)23)10-5-6-15-27-16-13-20(14-17-27)19-8-3-2-4-9-19/h2-4,7-9,11-13,18,26H,5-6,10,14-17H2,1H3. The van der Waals surface area contributed by atoms with E-state index in [1.165, 1.54) is 30.2 Å². The number of fused-ring (bicyclic) bond motifs is 1. The van der Waals surface area contributed by atoms with Gasteiger partial charge in [-0.05, 0) is 55.0 Å². The molecule has 0 radical (unpaired) electrons. The third kappa shape index (κ3) is 4.43. The second-order valence-electron chi connectivity index (χ2n) is 7.64. The Kier molecular flexibility index (Phi) is 6.11. The summed E-state index contributed by atoms with van der Waals surface area (Å²) in [5, 5.41) is 1.13. The highest BCUT2D eigenvalue weighted by molar-refractivity contribution is 6.03. The first-order valence-corrected chi connectivity index (χ1v) is 10.4. The number of ether oxygens (including phenoxy) is 1. The number of aromatic nitrogens is 1. The molecule has 1 aromatic heterocycles. The number of hydrogen-bond donors (Lipinski definition) is 1. The molecule has 0 fully saturated rings. The molecule has 0 amide bonds. The normalized spacial score (nSPS) is 14.7. The van der Waals surface area contributed by atoms with E-state index in [2.05, 4.69) is 52.4 Å². The third-order valence-corrected chi connectivity index (χ3v) is 5.81. The molecule has 4 nitrogen and oxygen atoms in total. The number of H-pyrrole nitrogens is 1. The predicted molar refractivity (Wildman–Crippen MR) is 118 cm³/mol. The molecule has 150 valence electrons. The minimum Gasteiger partial charge on any atom is -0.465 e. The molecule has 0 spiro atoms. The molecule has 0 saturated carbocycles. The Balaban J connectivity index is 1.28. The highest BCUT2D eigenvalue weighted by Crippen LogP contribution is 2.25. The van der Waals surface area contributed by atoms with E-state index in [1.54, 1.807) is 0 Å². The van der Waals surface area contributed by atoms with Crippen molar-refractivity contribution in [2.24, 2.45) is 0 Å². The Hall–Kier alpha value is -2.85. The number of nitrogens with zero attached hydrogens (tertiary/aromatic N) is 1. The van der Waals surface area contributed by atoms with Crippen LogP contribution in [0, 0.1) is 0 Å². The molecule has 2 heterocycles. The molecule has 0 unspecified atom stereocenters. The summed E-state index contributed by atoms with van der Waals surface area (Å²) in [6.45, 7) is 3.31. The van der Waals surface area contributed by atoms with Crippen LogP contribution in [-0.2, 0) is 11.2 Å². The molecule has 1 N–H and O–H groups in total. The molecule has 0 bridgehead atoms. The van der Waals surface area contributed by atoms with Crippen LogP contribution in [-0.4, -0.2) is 42.6 Å². The van der Waals surface area contributed by atoms with E-state index in [9.17, 15) is 4.79 Å². The first-order chi connectivity index (χ1) is 14.3. The van der Waals surface area contributed by atoms with Crippen molar-refractivity contribution in [3.8, 4) is 0 Å². The van der Waals surface area contributed by atoms with Gasteiger partial charge in [-0.15, -0.1) is 0 Å². The molecular weight excluding hydrogens is 360 g/mol. The fraction of sp³-hybridized carbons (Fsp3) is 0.320. The number of unbranched alkanes of at least 4 members (excludes halogenated alkanes) is 1. The van der Waals surface area contributed by atoms with Crippen molar-refractivity contribution in [1.82, 2.24) is 9.88 Å². The van der Waals surface area contributed by atoms with E-state index in [4.69, 9.17) is 4.74 Å². The average Bonchev–Trinajstić information content (AvgIpc) is 3.20. The van der Waals surface area contributed by atoms with Crippen molar-refractivity contribution in [3.05, 3.63) is 77.5 Å². The molecule has 1 aliphatic heterocycles. The van der Waals surface area contributed by atoms with E-state index in [0.717, 1.165) is 49.8 Å². The van der Waals surface area contributed by atoms with Gasteiger partial charge >= 0.3 is 5.97 Å². The SMILES string of the molecule is COC(=O)c1cccc2c(CCCCN3CC=C(c4ccccc4)CC3)c[nH]c12. The molecular formula is C25H28N2O2. The summed E-state index contributed by atoms with van der Waals surface area (Å²) in [6.07, 6.45) is 8.88. The Morgan fingerprint density at radius 2 is 1.97 bits per heavy atom. The Morgan fingerprint density at radius 3 is 2.72 bits per heavy atom. The second kappa shape index (κ2) is 9.10. The summed E-state index contributed by atoms with van der Waals surface area (Å²) in [5.41, 5.74) is 5.59. The van der Waals surface area contributed by atoms with Crippen molar-refractivity contribution in [3.63, 3.8) is 0 Å². The second-order valence-corrected chi connectivity index (χ2v) is 7.64. The number of esters is 1. The lowest BCUT2D eigenvalue weighted by Gasteiger charge is -2.26. The zero-order chi connectivity index (χ0) is 20.1. The summed E-state index contributed by atoms with van der Waals surface area (Å²) in [4.78, 5) is 17.7. The van der Waals surface area contributed by atoms with Gasteiger partial charge in [-0.25, -0.2) is 4.79 Å². The quantitative estimate of drug-likeness (QED) is 0.454. The van der Waals surface area contributed by atoms with Crippen LogP contribution < -0.4 is 0 Å². The maximum atomic E-state index is 11.9. The lowest BCUT2D eigenvalue weighted by atomic mass is 9.99. The van der Waals surface area contributed by atoms with Gasteiger partial charge in [-0.2, -0.15) is 0 Å². The summed E-state index contributed by atoms with van der Waals surface area (Å²) in [5.74, 6) is -0.294. The zero-order valence-electron chi connectivity index (χ0n) is 17.0. The number of methoxy groups -OCH3 is 1. The summed E-state index contributed by atoms with van der Waals surface area (Å²) in [7, 11) is 1.42. The van der Waals surface area contributed by atoms with Crippen molar-refractivity contribution in [2.75, 3.05) is 26.7 Å². The Bertz CT molecular complexity index is 1000. The van der Waals surface area contributed by atoms with E-state index in [-0.39, 0.29) is 5.97 Å². The van der Waals surface area contributed by atoms with Crippen LogP contribution in [0.4, 0.5) is 0 Å². The highest BCUT2D eigenvalue weighted by Gasteiger charge is 2.14. The number of nitrogens with one attached hydrogen (secondary N) is 1. The topological polar surface area (TPSA) is 45.3 Å². The van der Waals surface area contributed by atoms with E-state index >= 15 is 0 Å². The number of aromatic amines is 1. The summed E-state index contributed by atoms with van der Waals surface area (Å²) in [6, 6.07) is 16.5. The minimum atomic E-state index is -0.294. The summed E-state index contributed by atoms with van der Waals surface area (Å²) < 4.78 is 4.89. The molecule has 29 heavy (non-hydrogen) atoms. The van der Waals surface area contributed by atoms with Crippen LogP contribution in [0.15, 0.2) is 60.8 Å². The van der Waals surface area contributed by atoms with E-state index in [0.29, 0.717) is 5.56 Å². The largest absolute Gasteiger partial charge is 0.465 e. The fourth-order valence-corrected chi connectivity index (χ4v) is 4.18. The smallest absolute Gasteiger partial charge is 0.339 e. The van der Waals surface area contributed by atoms with Gasteiger partial charge in [-0.1, -0.05) is 48.5 Å². The van der Waals surface area contributed by atoms with Crippen LogP contribution in [0.5, 0.6) is 0 Å². The molecule has 0 atom stereocenters. The minimum absolute atomic E-state index is 0.294. The first-order valence-electron chi connectivity index (χ1n) is 10.4. The van der Waals surface area contributed by atoms with E-state index < -0.39 is 0 Å². The lowest BCUT2D eigenvalue weighted by Crippen LogP contribution is -2.29. The van der Waals surface area contributed by atoms with Gasteiger partial charge in [0.15, 0.2) is 0 Å². The molecule has 2 aromatic carbocycles. The predicted octanol–water partition coefficient (Wildman–Crippen LogP) is 5.07. The van der Waals surface area contributed by atoms with Gasteiger partial charge in [0.2, 0.25) is 0 Å². The maximum Gasteiger partial charge on any atom is 0.339 e. The van der Waals surface area contributed by atoms with Gasteiger partial charge < -0.3 is 9.72 Å². The third-order valence-electron chi connectivity index (χ3n) is 5.81. The van der Waals surface area contributed by atoms with E-state index in [1.807, 2.05) is 18.3 Å². The molecule has 1 aliphatic rings. The van der Waals surface area contributed by atoms with Crippen LogP contribution in [0.3, 0.4) is 0 Å². The number of carbonyl (C=O) groups is 1. The number of rotatable bonds is 7. The lowest BCUT2D eigenvalue weighted by molar-refractivity contribution is 0.0603.